The molecule has 1 unspecified atom stereocenters. The number of hydrogen-bond donors (Lipinski definition) is 0. The first-order valence-corrected chi connectivity index (χ1v) is 9.42. The summed E-state index contributed by atoms with van der Waals surface area (Å²) in [7, 11) is 1.88. The second kappa shape index (κ2) is 6.49. The van der Waals surface area contributed by atoms with Gasteiger partial charge in [0.2, 0.25) is 11.8 Å². The van der Waals surface area contributed by atoms with Crippen molar-refractivity contribution in [3.63, 3.8) is 0 Å². The number of amides is 2. The van der Waals surface area contributed by atoms with Crippen LogP contribution in [-0.4, -0.2) is 60.8 Å². The minimum Gasteiger partial charge on any atom is -0.275 e. The fourth-order valence-corrected chi connectivity index (χ4v) is 4.08. The van der Waals surface area contributed by atoms with Gasteiger partial charge in [-0.1, -0.05) is 6.07 Å². The van der Waals surface area contributed by atoms with Gasteiger partial charge in [-0.2, -0.15) is 15.3 Å². The smallest absolute Gasteiger partial charge is 0.247 e. The molecule has 0 aliphatic carbocycles. The van der Waals surface area contributed by atoms with Crippen LogP contribution in [-0.2, 0) is 23.1 Å². The van der Waals surface area contributed by atoms with Crippen molar-refractivity contribution in [3.05, 3.63) is 42.4 Å². The Morgan fingerprint density at radius 3 is 2.89 bits per heavy atom. The van der Waals surface area contributed by atoms with Crippen LogP contribution in [0, 0.1) is 0 Å². The number of imide groups is 1. The summed E-state index contributed by atoms with van der Waals surface area (Å²) in [5.41, 5.74) is 3.38. The van der Waals surface area contributed by atoms with E-state index in [9.17, 15) is 9.59 Å². The van der Waals surface area contributed by atoms with Crippen LogP contribution in [0.1, 0.15) is 18.5 Å². The lowest BCUT2D eigenvalue weighted by atomic mass is 10.1. The molecule has 1 aromatic carbocycles. The number of fused-ring (bicyclic) bond motifs is 2. The zero-order valence-electron chi connectivity index (χ0n) is 15.6. The van der Waals surface area contributed by atoms with Crippen molar-refractivity contribution in [2.24, 2.45) is 7.05 Å². The van der Waals surface area contributed by atoms with E-state index in [0.29, 0.717) is 12.4 Å². The molecule has 0 spiro atoms. The van der Waals surface area contributed by atoms with Crippen molar-refractivity contribution < 1.29 is 9.59 Å². The lowest BCUT2D eigenvalue weighted by Gasteiger charge is -2.15. The molecule has 0 radical (unpaired) electrons. The Bertz CT molecular complexity index is 1090. The molecule has 2 aliphatic heterocycles. The minimum atomic E-state index is -0.212. The first-order valence-electron chi connectivity index (χ1n) is 9.42. The highest BCUT2D eigenvalue weighted by atomic mass is 16.2. The molecule has 2 fully saturated rings. The molecule has 1 atom stereocenters. The van der Waals surface area contributed by atoms with Crippen molar-refractivity contribution >= 4 is 22.7 Å². The van der Waals surface area contributed by atoms with E-state index in [1.807, 2.05) is 43.7 Å². The zero-order valence-corrected chi connectivity index (χ0v) is 15.6. The van der Waals surface area contributed by atoms with E-state index in [1.165, 1.54) is 4.90 Å². The van der Waals surface area contributed by atoms with Crippen LogP contribution >= 0.6 is 0 Å². The molecule has 0 saturated carbocycles. The number of aryl methyl sites for hydroxylation is 1. The summed E-state index contributed by atoms with van der Waals surface area (Å²) < 4.78 is 1.76. The largest absolute Gasteiger partial charge is 0.275 e. The number of rotatable bonds is 3. The number of aromatic nitrogens is 4. The second-order valence-corrected chi connectivity index (χ2v) is 7.46. The van der Waals surface area contributed by atoms with E-state index in [-0.39, 0.29) is 24.3 Å². The standard InChI is InChI=1S/C20H20N6O2/c1-24-11-15(10-21-24)13-4-5-17-14(7-13)8-16(22-23-17)9-19(27)26-12-25-6-2-3-18(25)20(26)28/h4-5,7-8,10-11,18H,2-3,6,9,12H2,1H3. The maximum absolute atomic E-state index is 12.7. The summed E-state index contributed by atoms with van der Waals surface area (Å²) in [5, 5.41) is 13.5. The Kier molecular flexibility index (Phi) is 3.94. The number of carbonyl (C=O) groups is 2. The molecule has 4 heterocycles. The van der Waals surface area contributed by atoms with Gasteiger partial charge in [-0.25, -0.2) is 0 Å². The van der Waals surface area contributed by atoms with E-state index in [0.717, 1.165) is 41.4 Å². The number of nitrogens with zero attached hydrogens (tertiary/aromatic N) is 6. The third-order valence-electron chi connectivity index (χ3n) is 5.55. The number of carbonyl (C=O) groups excluding carboxylic acids is 2. The molecule has 0 N–H and O–H groups in total. The summed E-state index contributed by atoms with van der Waals surface area (Å²) in [6, 6.07) is 7.67. The van der Waals surface area contributed by atoms with Gasteiger partial charge in [0.15, 0.2) is 0 Å². The van der Waals surface area contributed by atoms with Crippen LogP contribution in [0.25, 0.3) is 22.0 Å². The van der Waals surface area contributed by atoms with Crippen LogP contribution in [0.15, 0.2) is 36.7 Å². The molecule has 5 rings (SSSR count). The van der Waals surface area contributed by atoms with Gasteiger partial charge in [0, 0.05) is 30.7 Å². The van der Waals surface area contributed by atoms with Crippen molar-refractivity contribution in [2.45, 2.75) is 25.3 Å². The van der Waals surface area contributed by atoms with Crippen molar-refractivity contribution in [1.82, 2.24) is 29.8 Å². The Labute approximate surface area is 161 Å². The van der Waals surface area contributed by atoms with E-state index in [2.05, 4.69) is 20.2 Å². The molecular formula is C20H20N6O2. The average Bonchev–Trinajstić information content (AvgIpc) is 3.39. The predicted octanol–water partition coefficient (Wildman–Crippen LogP) is 1.36. The van der Waals surface area contributed by atoms with Gasteiger partial charge in [0.05, 0.1) is 36.5 Å². The highest BCUT2D eigenvalue weighted by Crippen LogP contribution is 2.26. The maximum atomic E-state index is 12.7. The maximum Gasteiger partial charge on any atom is 0.247 e. The molecule has 3 aromatic rings. The van der Waals surface area contributed by atoms with Crippen LogP contribution in [0.3, 0.4) is 0 Å². The van der Waals surface area contributed by atoms with Gasteiger partial charge < -0.3 is 0 Å². The summed E-state index contributed by atoms with van der Waals surface area (Å²) in [6.07, 6.45) is 5.70. The average molecular weight is 376 g/mol. The van der Waals surface area contributed by atoms with Gasteiger partial charge in [0.1, 0.15) is 0 Å². The quantitative estimate of drug-likeness (QED) is 0.686. The minimum absolute atomic E-state index is 0.0740. The third kappa shape index (κ3) is 2.86. The van der Waals surface area contributed by atoms with Gasteiger partial charge in [-0.05, 0) is 36.6 Å². The predicted molar refractivity (Wildman–Crippen MR) is 102 cm³/mol. The molecule has 0 bridgehead atoms. The van der Waals surface area contributed by atoms with E-state index in [4.69, 9.17) is 0 Å². The normalized spacial score (nSPS) is 19.5. The van der Waals surface area contributed by atoms with Gasteiger partial charge >= 0.3 is 0 Å². The zero-order chi connectivity index (χ0) is 19.3. The Morgan fingerprint density at radius 2 is 2.11 bits per heavy atom. The molecule has 8 heteroatoms. The Morgan fingerprint density at radius 1 is 1.21 bits per heavy atom. The number of hydrogen-bond acceptors (Lipinski definition) is 6. The van der Waals surface area contributed by atoms with E-state index < -0.39 is 0 Å². The summed E-state index contributed by atoms with van der Waals surface area (Å²) in [5.74, 6) is -0.286. The monoisotopic (exact) mass is 376 g/mol. The fourth-order valence-electron chi connectivity index (χ4n) is 4.08. The molecule has 28 heavy (non-hydrogen) atoms. The molecule has 142 valence electrons. The Balaban J connectivity index is 1.38. The van der Waals surface area contributed by atoms with Crippen LogP contribution in [0.5, 0.6) is 0 Å². The van der Waals surface area contributed by atoms with Gasteiger partial charge in [0.25, 0.3) is 0 Å². The lowest BCUT2D eigenvalue weighted by Crippen LogP contribution is -2.36. The molecule has 2 aromatic heterocycles. The highest BCUT2D eigenvalue weighted by Gasteiger charge is 2.43. The molecule has 2 aliphatic rings. The summed E-state index contributed by atoms with van der Waals surface area (Å²) in [6.45, 7) is 1.28. The lowest BCUT2D eigenvalue weighted by molar-refractivity contribution is -0.142. The molecule has 8 nitrogen and oxygen atoms in total. The summed E-state index contributed by atoms with van der Waals surface area (Å²) in [4.78, 5) is 28.6. The van der Waals surface area contributed by atoms with E-state index >= 15 is 0 Å². The highest BCUT2D eigenvalue weighted by molar-refractivity contribution is 6.00. The topological polar surface area (TPSA) is 84.2 Å². The third-order valence-corrected chi connectivity index (χ3v) is 5.55. The SMILES string of the molecule is Cn1cc(-c2ccc3nnc(CC(=O)N4CN5CCCC5C4=O)cc3c2)cn1. The number of benzene rings is 1. The van der Waals surface area contributed by atoms with Crippen LogP contribution < -0.4 is 0 Å². The van der Waals surface area contributed by atoms with Crippen molar-refractivity contribution in [1.29, 1.82) is 0 Å². The first kappa shape index (κ1) is 17.0. The fraction of sp³-hybridized carbons (Fsp3) is 0.350. The van der Waals surface area contributed by atoms with Crippen molar-refractivity contribution in [2.75, 3.05) is 13.2 Å². The molecule has 2 amide bonds. The van der Waals surface area contributed by atoms with Crippen LogP contribution in [0.2, 0.25) is 0 Å². The van der Waals surface area contributed by atoms with Gasteiger partial charge in [-0.3, -0.25) is 24.1 Å². The van der Waals surface area contributed by atoms with Crippen LogP contribution in [0.4, 0.5) is 0 Å². The first-order chi connectivity index (χ1) is 13.6. The summed E-state index contributed by atoms with van der Waals surface area (Å²) >= 11 is 0. The van der Waals surface area contributed by atoms with Gasteiger partial charge in [-0.15, -0.1) is 0 Å². The second-order valence-electron chi connectivity index (χ2n) is 7.46. The van der Waals surface area contributed by atoms with E-state index in [1.54, 1.807) is 4.68 Å². The molecular weight excluding hydrogens is 356 g/mol. The molecule has 2 saturated heterocycles. The van der Waals surface area contributed by atoms with Crippen molar-refractivity contribution in [3.8, 4) is 11.1 Å². The Hall–Kier alpha value is -3.13.